The van der Waals surface area contributed by atoms with Gasteiger partial charge in [0.15, 0.2) is 0 Å². The molecule has 2 aliphatic carbocycles. The third-order valence-electron chi connectivity index (χ3n) is 10.8. The SMILES string of the molecule is COc1ncc(C(=O)NS2(=O)=NC(=O)c3ccc4c(c3)N(C[C@@H]3CC[C@H]3[C@@H](OC)/C=C/C[C@H](C)C2)C[C@@]2(CCCc3cc(Cl)ccc32)CO4)cn1. The fraction of sp³-hybridized carbons (Fsp3) is 0.474. The van der Waals surface area contributed by atoms with Crippen molar-refractivity contribution in [3.63, 3.8) is 0 Å². The number of nitrogens with zero attached hydrogens (tertiary/aromatic N) is 4. The Kier molecular flexibility index (Phi) is 10.1. The first kappa shape index (κ1) is 35.4. The second kappa shape index (κ2) is 14.6. The lowest BCUT2D eigenvalue weighted by Gasteiger charge is -2.46. The summed E-state index contributed by atoms with van der Waals surface area (Å²) in [6.07, 6.45) is 12.3. The zero-order valence-corrected chi connectivity index (χ0v) is 30.8. The number of ether oxygens (including phenoxy) is 3. The number of carbonyl (C=O) groups excluding carboxylic acids is 2. The number of aromatic nitrogens is 2. The molecule has 2 amide bonds. The van der Waals surface area contributed by atoms with E-state index in [4.69, 9.17) is 25.8 Å². The van der Waals surface area contributed by atoms with Crippen LogP contribution in [0.3, 0.4) is 0 Å². The molecule has 2 bridgehead atoms. The maximum absolute atomic E-state index is 14.5. The van der Waals surface area contributed by atoms with Crippen LogP contribution in [0.25, 0.3) is 0 Å². The van der Waals surface area contributed by atoms with Crippen molar-refractivity contribution in [3.8, 4) is 11.8 Å². The number of rotatable bonds is 4. The Balaban J connectivity index is 1.29. The minimum absolute atomic E-state index is 0.0400. The Morgan fingerprint density at radius 1 is 1.14 bits per heavy atom. The molecular weight excluding hydrogens is 690 g/mol. The summed E-state index contributed by atoms with van der Waals surface area (Å²) in [5, 5.41) is 0.732. The average molecular weight is 734 g/mol. The smallest absolute Gasteiger partial charge is 0.316 e. The molecule has 3 aromatic rings. The zero-order valence-electron chi connectivity index (χ0n) is 29.2. The first-order chi connectivity index (χ1) is 24.6. The molecule has 3 heterocycles. The van der Waals surface area contributed by atoms with E-state index in [0.717, 1.165) is 49.4 Å². The Bertz CT molecular complexity index is 1960. The van der Waals surface area contributed by atoms with Gasteiger partial charge in [-0.2, -0.15) is 0 Å². The predicted molar refractivity (Wildman–Crippen MR) is 196 cm³/mol. The summed E-state index contributed by atoms with van der Waals surface area (Å²) < 4.78 is 39.0. The van der Waals surface area contributed by atoms with Gasteiger partial charge in [-0.15, -0.1) is 4.36 Å². The monoisotopic (exact) mass is 733 g/mol. The number of anilines is 1. The standard InChI is InChI=1S/C38H44ClN5O6S/c1-24-6-4-8-33(48-2)30-12-9-27(30)20-44-22-38(15-5-7-25-16-29(39)11-13-31(25)38)23-50-34-14-10-26(17-32(34)44)35(45)42-51(47,21-24)43-36(46)28-18-40-37(49-3)41-19-28/h4,8,10-11,13-14,16-19,24,27,30,33H,5-7,9,12,15,20-23H2,1-3H3,(H,42,43,45,46,47)/b8-4+/t24-,27-,30+,33-,38-,51?/m0/s1. The van der Waals surface area contributed by atoms with Gasteiger partial charge in [0, 0.05) is 48.6 Å². The first-order valence-corrected chi connectivity index (χ1v) is 19.6. The maximum atomic E-state index is 14.5. The van der Waals surface area contributed by atoms with Crippen LogP contribution in [0.15, 0.2) is 65.3 Å². The van der Waals surface area contributed by atoms with Crippen LogP contribution >= 0.6 is 11.6 Å². The van der Waals surface area contributed by atoms with Gasteiger partial charge in [-0.3, -0.25) is 14.3 Å². The van der Waals surface area contributed by atoms with Crippen molar-refractivity contribution in [3.05, 3.63) is 88.2 Å². The molecule has 1 spiro atoms. The van der Waals surface area contributed by atoms with E-state index < -0.39 is 21.7 Å². The minimum atomic E-state index is -3.59. The van der Waals surface area contributed by atoms with E-state index in [1.54, 1.807) is 19.2 Å². The van der Waals surface area contributed by atoms with Gasteiger partial charge >= 0.3 is 6.01 Å². The van der Waals surface area contributed by atoms with Crippen LogP contribution in [0.2, 0.25) is 5.02 Å². The molecular formula is C38H44ClN5O6S. The summed E-state index contributed by atoms with van der Waals surface area (Å²) in [6, 6.07) is 11.6. The lowest BCUT2D eigenvalue weighted by Crippen LogP contribution is -2.49. The zero-order chi connectivity index (χ0) is 35.8. The lowest BCUT2D eigenvalue weighted by molar-refractivity contribution is 0.0131. The summed E-state index contributed by atoms with van der Waals surface area (Å²) in [7, 11) is -0.417. The van der Waals surface area contributed by atoms with Crippen LogP contribution in [-0.4, -0.2) is 71.8 Å². The van der Waals surface area contributed by atoms with Crippen LogP contribution in [0.1, 0.15) is 70.9 Å². The number of hydrogen-bond acceptors (Lipinski definition) is 9. The molecule has 2 aliphatic heterocycles. The van der Waals surface area contributed by atoms with Crippen molar-refractivity contribution in [2.24, 2.45) is 22.1 Å². The number of allylic oxidation sites excluding steroid dienone is 1. The number of nitrogens with one attached hydrogen (secondary N) is 1. The highest BCUT2D eigenvalue weighted by atomic mass is 35.5. The van der Waals surface area contributed by atoms with Crippen molar-refractivity contribution in [1.82, 2.24) is 14.7 Å². The second-order valence-electron chi connectivity index (χ2n) is 14.4. The Morgan fingerprint density at radius 3 is 2.71 bits per heavy atom. The third-order valence-corrected chi connectivity index (χ3v) is 13.1. The number of hydrogen-bond donors (Lipinski definition) is 1. The van der Waals surface area contributed by atoms with Crippen molar-refractivity contribution < 1.29 is 28.0 Å². The molecule has 7 rings (SSSR count). The average Bonchev–Trinajstić information content (AvgIpc) is 3.25. The molecule has 0 radical (unpaired) electrons. The van der Waals surface area contributed by atoms with E-state index in [9.17, 15) is 13.8 Å². The Labute approximate surface area is 304 Å². The number of methoxy groups -OCH3 is 2. The molecule has 1 fully saturated rings. The molecule has 13 heteroatoms. The molecule has 51 heavy (non-hydrogen) atoms. The number of halogens is 1. The normalized spacial score (nSPS) is 29.6. The Morgan fingerprint density at radius 2 is 1.96 bits per heavy atom. The van der Waals surface area contributed by atoms with E-state index in [2.05, 4.69) is 48.2 Å². The molecule has 1 N–H and O–H groups in total. The number of amides is 2. The van der Waals surface area contributed by atoms with E-state index in [1.807, 2.05) is 19.1 Å². The van der Waals surface area contributed by atoms with Gasteiger partial charge in [0.2, 0.25) is 0 Å². The topological polar surface area (TPSA) is 132 Å². The molecule has 1 saturated carbocycles. The number of fused-ring (bicyclic) bond motifs is 4. The number of benzene rings is 2. The van der Waals surface area contributed by atoms with Gasteiger partial charge in [-0.05, 0) is 97.7 Å². The van der Waals surface area contributed by atoms with Crippen LogP contribution in [-0.2, 0) is 26.5 Å². The van der Waals surface area contributed by atoms with Gasteiger partial charge in [0.05, 0.1) is 36.8 Å². The lowest BCUT2D eigenvalue weighted by atomic mass is 9.68. The summed E-state index contributed by atoms with van der Waals surface area (Å²) in [4.78, 5) is 37.6. The van der Waals surface area contributed by atoms with E-state index in [1.165, 1.54) is 30.6 Å². The largest absolute Gasteiger partial charge is 0.490 e. The molecule has 1 unspecified atom stereocenters. The summed E-state index contributed by atoms with van der Waals surface area (Å²) in [5.74, 6) is -0.213. The fourth-order valence-corrected chi connectivity index (χ4v) is 10.2. The molecule has 6 atom stereocenters. The van der Waals surface area contributed by atoms with E-state index in [-0.39, 0.29) is 40.3 Å². The van der Waals surface area contributed by atoms with Crippen LogP contribution in [0.4, 0.5) is 5.69 Å². The van der Waals surface area contributed by atoms with Crippen molar-refractivity contribution >= 4 is 39.0 Å². The first-order valence-electron chi connectivity index (χ1n) is 17.6. The molecule has 1 aromatic heterocycles. The van der Waals surface area contributed by atoms with E-state index >= 15 is 0 Å². The third kappa shape index (κ3) is 7.36. The molecule has 2 aromatic carbocycles. The quantitative estimate of drug-likeness (QED) is 0.311. The summed E-state index contributed by atoms with van der Waals surface area (Å²) >= 11 is 6.45. The molecule has 4 aliphatic rings. The fourth-order valence-electron chi connectivity index (χ4n) is 8.11. The highest BCUT2D eigenvalue weighted by Crippen LogP contribution is 2.47. The maximum Gasteiger partial charge on any atom is 0.316 e. The molecule has 0 saturated heterocycles. The Hall–Kier alpha value is -4.00. The summed E-state index contributed by atoms with van der Waals surface area (Å²) in [6.45, 7) is 3.89. The highest BCUT2D eigenvalue weighted by molar-refractivity contribution is 7.92. The number of aryl methyl sites for hydroxylation is 1. The van der Waals surface area contributed by atoms with Gasteiger partial charge in [-0.25, -0.2) is 14.2 Å². The number of carbonyl (C=O) groups is 2. The minimum Gasteiger partial charge on any atom is -0.490 e. The molecule has 11 nitrogen and oxygen atoms in total. The predicted octanol–water partition coefficient (Wildman–Crippen LogP) is 6.20. The van der Waals surface area contributed by atoms with E-state index in [0.29, 0.717) is 37.2 Å². The van der Waals surface area contributed by atoms with Crippen LogP contribution in [0.5, 0.6) is 11.8 Å². The van der Waals surface area contributed by atoms with Crippen molar-refractivity contribution in [2.45, 2.75) is 57.0 Å². The molecule has 270 valence electrons. The second-order valence-corrected chi connectivity index (χ2v) is 16.8. The van der Waals surface area contributed by atoms with Gasteiger partial charge in [-0.1, -0.05) is 36.7 Å². The van der Waals surface area contributed by atoms with Gasteiger partial charge in [0.1, 0.15) is 15.7 Å². The highest BCUT2D eigenvalue weighted by Gasteiger charge is 2.44. The van der Waals surface area contributed by atoms with Crippen molar-refractivity contribution in [1.29, 1.82) is 0 Å². The van der Waals surface area contributed by atoms with Crippen LogP contribution in [0, 0.1) is 17.8 Å². The van der Waals surface area contributed by atoms with Crippen molar-refractivity contribution in [2.75, 3.05) is 44.6 Å². The van der Waals surface area contributed by atoms with Gasteiger partial charge < -0.3 is 19.1 Å². The van der Waals surface area contributed by atoms with Gasteiger partial charge in [0.25, 0.3) is 11.8 Å². The summed E-state index contributed by atoms with van der Waals surface area (Å²) in [5.41, 5.74) is 3.38. The van der Waals surface area contributed by atoms with Crippen LogP contribution < -0.4 is 19.1 Å².